The summed E-state index contributed by atoms with van der Waals surface area (Å²) in [6.07, 6.45) is 0.884. The Hall–Kier alpha value is -0.570. The van der Waals surface area contributed by atoms with E-state index in [0.717, 1.165) is 6.10 Å². The van der Waals surface area contributed by atoms with Crippen molar-refractivity contribution in [3.63, 3.8) is 0 Å². The fourth-order valence-corrected chi connectivity index (χ4v) is 0.689. The molecule has 1 atom stereocenters. The van der Waals surface area contributed by atoms with E-state index in [2.05, 4.69) is 5.32 Å². The fraction of sp³-hybridized carbons (Fsp3) is 0.667. The molecule has 1 amide bonds. The first-order chi connectivity index (χ1) is 4.20. The molecule has 3 nitrogen and oxygen atoms in total. The first-order valence-corrected chi connectivity index (χ1v) is 2.96. The lowest BCUT2D eigenvalue weighted by Gasteiger charge is -2.25. The normalized spacial score (nSPS) is 30.0. The van der Waals surface area contributed by atoms with Gasteiger partial charge in [-0.2, -0.15) is 0 Å². The molecule has 0 aromatic carbocycles. The van der Waals surface area contributed by atoms with Gasteiger partial charge in [-0.25, -0.2) is 0 Å². The van der Waals surface area contributed by atoms with Gasteiger partial charge in [0.1, 0.15) is 12.7 Å². The molecule has 0 bridgehead atoms. The number of nitrogens with one attached hydrogen (secondary N) is 1. The number of carbonyl (C=O) groups is 1. The molecule has 1 rings (SSSR count). The Morgan fingerprint density at radius 2 is 2.44 bits per heavy atom. The molecule has 3 heteroatoms. The van der Waals surface area contributed by atoms with Gasteiger partial charge in [0.05, 0.1) is 6.04 Å². The number of rotatable bonds is 0. The van der Waals surface area contributed by atoms with Crippen LogP contribution in [-0.4, -0.2) is 18.6 Å². The summed E-state index contributed by atoms with van der Waals surface area (Å²) in [5, 5.41) is 2.73. The number of amides is 1. The molecule has 1 aliphatic rings. The zero-order chi connectivity index (χ0) is 6.85. The van der Waals surface area contributed by atoms with E-state index in [1.54, 1.807) is 0 Å². The third kappa shape index (κ3) is 1.42. The lowest BCUT2D eigenvalue weighted by Crippen LogP contribution is -2.44. The van der Waals surface area contributed by atoms with E-state index in [1.807, 2.05) is 13.8 Å². The summed E-state index contributed by atoms with van der Waals surface area (Å²) in [5.41, 5.74) is 0. The van der Waals surface area contributed by atoms with E-state index >= 15 is 0 Å². The maximum Gasteiger partial charge on any atom is 0.246 e. The van der Waals surface area contributed by atoms with Crippen LogP contribution < -0.4 is 5.32 Å². The molecule has 0 aliphatic carbocycles. The average molecular weight is 128 g/mol. The van der Waals surface area contributed by atoms with Crippen LogP contribution in [0.3, 0.4) is 0 Å². The molecule has 1 heterocycles. The van der Waals surface area contributed by atoms with Crippen LogP contribution in [0.25, 0.3) is 0 Å². The summed E-state index contributed by atoms with van der Waals surface area (Å²) in [5.74, 6) is -0.0342. The largest absolute Gasteiger partial charge is 0.360 e. The summed E-state index contributed by atoms with van der Waals surface area (Å²) in [7, 11) is 0. The SMILES string of the molecule is C[C]1OCC(=O)NC1C. The summed E-state index contributed by atoms with van der Waals surface area (Å²) >= 11 is 0. The highest BCUT2D eigenvalue weighted by Gasteiger charge is 2.22. The third-order valence-corrected chi connectivity index (χ3v) is 1.42. The minimum Gasteiger partial charge on any atom is -0.360 e. The summed E-state index contributed by atoms with van der Waals surface area (Å²) in [6, 6.07) is 0.0752. The highest BCUT2D eigenvalue weighted by atomic mass is 16.5. The predicted molar refractivity (Wildman–Crippen MR) is 32.5 cm³/mol. The summed E-state index contributed by atoms with van der Waals surface area (Å²) in [6.45, 7) is 3.94. The van der Waals surface area contributed by atoms with Gasteiger partial charge >= 0.3 is 0 Å². The number of hydrogen-bond donors (Lipinski definition) is 1. The molecule has 1 unspecified atom stereocenters. The molecule has 51 valence electrons. The van der Waals surface area contributed by atoms with E-state index in [-0.39, 0.29) is 18.6 Å². The highest BCUT2D eigenvalue weighted by Crippen LogP contribution is 2.10. The second-order valence-electron chi connectivity index (χ2n) is 2.19. The van der Waals surface area contributed by atoms with Gasteiger partial charge in [0.15, 0.2) is 0 Å². The standard InChI is InChI=1S/C6H10NO2/c1-4-5(2)9-3-6(8)7-4/h4H,3H2,1-2H3,(H,7,8). The molecule has 1 fully saturated rings. The van der Waals surface area contributed by atoms with Crippen molar-refractivity contribution in [1.29, 1.82) is 0 Å². The van der Waals surface area contributed by atoms with Gasteiger partial charge in [-0.3, -0.25) is 4.79 Å². The van der Waals surface area contributed by atoms with Crippen molar-refractivity contribution < 1.29 is 9.53 Å². The van der Waals surface area contributed by atoms with E-state index < -0.39 is 0 Å². The van der Waals surface area contributed by atoms with E-state index in [4.69, 9.17) is 4.74 Å². The maximum absolute atomic E-state index is 10.6. The van der Waals surface area contributed by atoms with E-state index in [0.29, 0.717) is 0 Å². The molecule has 1 radical (unpaired) electrons. The second kappa shape index (κ2) is 2.35. The van der Waals surface area contributed by atoms with Gasteiger partial charge in [0, 0.05) is 0 Å². The number of carbonyl (C=O) groups excluding carboxylic acids is 1. The third-order valence-electron chi connectivity index (χ3n) is 1.42. The molecule has 0 saturated carbocycles. The molecule has 0 spiro atoms. The van der Waals surface area contributed by atoms with Crippen LogP contribution in [0, 0.1) is 6.10 Å². The summed E-state index contributed by atoms with van der Waals surface area (Å²) in [4.78, 5) is 10.6. The molecule has 9 heavy (non-hydrogen) atoms. The molecule has 0 aromatic rings. The van der Waals surface area contributed by atoms with Crippen molar-refractivity contribution in [2.45, 2.75) is 19.9 Å². The van der Waals surface area contributed by atoms with Crippen molar-refractivity contribution >= 4 is 5.91 Å². The second-order valence-corrected chi connectivity index (χ2v) is 2.19. The Labute approximate surface area is 54.4 Å². The predicted octanol–water partition coefficient (Wildman–Crippen LogP) is 0.0732. The minimum absolute atomic E-state index is 0.0342. The van der Waals surface area contributed by atoms with Gasteiger partial charge in [0.2, 0.25) is 5.91 Å². The van der Waals surface area contributed by atoms with Crippen LogP contribution in [0.5, 0.6) is 0 Å². The Morgan fingerprint density at radius 3 is 2.89 bits per heavy atom. The lowest BCUT2D eigenvalue weighted by atomic mass is 10.2. The van der Waals surface area contributed by atoms with Crippen molar-refractivity contribution in [2.75, 3.05) is 6.61 Å². The molecule has 1 saturated heterocycles. The zero-order valence-corrected chi connectivity index (χ0v) is 5.60. The topological polar surface area (TPSA) is 38.3 Å². The lowest BCUT2D eigenvalue weighted by molar-refractivity contribution is -0.130. The fourth-order valence-electron chi connectivity index (χ4n) is 0.689. The number of morpholine rings is 1. The van der Waals surface area contributed by atoms with Crippen LogP contribution in [0.15, 0.2) is 0 Å². The number of ether oxygens (including phenoxy) is 1. The molecule has 0 aromatic heterocycles. The van der Waals surface area contributed by atoms with E-state index in [9.17, 15) is 4.79 Å². The average Bonchev–Trinajstić information content (AvgIpc) is 1.80. The highest BCUT2D eigenvalue weighted by molar-refractivity contribution is 5.78. The molecule has 1 aliphatic heterocycles. The Kier molecular flexibility index (Phi) is 1.71. The van der Waals surface area contributed by atoms with Crippen LogP contribution in [0.2, 0.25) is 0 Å². The zero-order valence-electron chi connectivity index (χ0n) is 5.60. The Bertz CT molecular complexity index is 124. The van der Waals surface area contributed by atoms with E-state index in [1.165, 1.54) is 0 Å². The van der Waals surface area contributed by atoms with Crippen LogP contribution in [0.1, 0.15) is 13.8 Å². The Balaban J connectivity index is 2.44. The quantitative estimate of drug-likeness (QED) is 0.501. The van der Waals surface area contributed by atoms with Crippen LogP contribution in [0.4, 0.5) is 0 Å². The summed E-state index contributed by atoms with van der Waals surface area (Å²) < 4.78 is 5.01. The van der Waals surface area contributed by atoms with Gasteiger partial charge < -0.3 is 10.1 Å². The number of hydrogen-bond acceptors (Lipinski definition) is 2. The Morgan fingerprint density at radius 1 is 1.78 bits per heavy atom. The van der Waals surface area contributed by atoms with Crippen molar-refractivity contribution in [1.82, 2.24) is 5.32 Å². The molecule has 1 N–H and O–H groups in total. The maximum atomic E-state index is 10.6. The monoisotopic (exact) mass is 128 g/mol. The van der Waals surface area contributed by atoms with Crippen molar-refractivity contribution in [3.05, 3.63) is 6.10 Å². The van der Waals surface area contributed by atoms with Gasteiger partial charge in [0.25, 0.3) is 0 Å². The van der Waals surface area contributed by atoms with Crippen molar-refractivity contribution in [2.24, 2.45) is 0 Å². The van der Waals surface area contributed by atoms with Crippen molar-refractivity contribution in [3.8, 4) is 0 Å². The first-order valence-electron chi connectivity index (χ1n) is 2.96. The van der Waals surface area contributed by atoms with Gasteiger partial charge in [-0.1, -0.05) is 0 Å². The van der Waals surface area contributed by atoms with Crippen LogP contribution >= 0.6 is 0 Å². The first kappa shape index (κ1) is 6.55. The molecular weight excluding hydrogens is 118 g/mol. The minimum atomic E-state index is -0.0342. The van der Waals surface area contributed by atoms with Gasteiger partial charge in [-0.15, -0.1) is 0 Å². The smallest absolute Gasteiger partial charge is 0.246 e. The van der Waals surface area contributed by atoms with Gasteiger partial charge in [-0.05, 0) is 13.8 Å². The molecular formula is C6H10NO2. The van der Waals surface area contributed by atoms with Crippen LogP contribution in [-0.2, 0) is 9.53 Å².